The summed E-state index contributed by atoms with van der Waals surface area (Å²) in [7, 11) is 0. The maximum Gasteiger partial charge on any atom is 0.433 e. The molecule has 2 aromatic heterocycles. The molecule has 0 saturated heterocycles. The fourth-order valence-corrected chi connectivity index (χ4v) is 4.07. The average Bonchev–Trinajstić information content (AvgIpc) is 3.58. The number of fused-ring (bicyclic) bond motifs is 1. The smallest absolute Gasteiger partial charge is 0.326 e. The van der Waals surface area contributed by atoms with Crippen molar-refractivity contribution in [3.63, 3.8) is 0 Å². The molecule has 2 aliphatic carbocycles. The molecule has 0 spiro atoms. The molecule has 2 heterocycles. The number of carbonyl (C=O) groups excluding carboxylic acids is 2. The van der Waals surface area contributed by atoms with Crippen molar-refractivity contribution in [2.75, 3.05) is 5.32 Å². The predicted molar refractivity (Wildman–Crippen MR) is 121 cm³/mol. The number of anilines is 1. The zero-order chi connectivity index (χ0) is 24.7. The molecule has 1 amide bonds. The number of carbonyl (C=O) groups is 2. The van der Waals surface area contributed by atoms with Crippen LogP contribution in [-0.4, -0.2) is 21.7 Å². The van der Waals surface area contributed by atoms with E-state index in [1.54, 1.807) is 12.3 Å². The second-order valence-corrected chi connectivity index (χ2v) is 8.64. The summed E-state index contributed by atoms with van der Waals surface area (Å²) in [6.45, 7) is 0. The Kier molecular flexibility index (Phi) is 5.70. The Balaban J connectivity index is 1.31. The molecule has 0 unspecified atom stereocenters. The monoisotopic (exact) mass is 481 g/mol. The van der Waals surface area contributed by atoms with Gasteiger partial charge in [-0.1, -0.05) is 18.2 Å². The van der Waals surface area contributed by atoms with E-state index < -0.39 is 23.6 Å². The third kappa shape index (κ3) is 4.84. The van der Waals surface area contributed by atoms with Gasteiger partial charge >= 0.3 is 6.18 Å². The Morgan fingerprint density at radius 2 is 1.83 bits per heavy atom. The van der Waals surface area contributed by atoms with Crippen molar-refractivity contribution in [2.45, 2.75) is 31.9 Å². The van der Waals surface area contributed by atoms with Gasteiger partial charge in [-0.25, -0.2) is 4.39 Å². The lowest BCUT2D eigenvalue weighted by molar-refractivity contribution is -0.141. The Labute approximate surface area is 197 Å². The lowest BCUT2D eigenvalue weighted by Crippen LogP contribution is -2.16. The van der Waals surface area contributed by atoms with Gasteiger partial charge in [0.25, 0.3) is 0 Å². The minimum Gasteiger partial charge on any atom is -0.326 e. The highest BCUT2D eigenvalue weighted by molar-refractivity contribution is 6.23. The van der Waals surface area contributed by atoms with Gasteiger partial charge in [-0.15, -0.1) is 0 Å². The number of Topliss-reactive ketones (excluding diaryl/α,β-unsaturated/α-hetero) is 1. The van der Waals surface area contributed by atoms with Crippen LogP contribution in [0, 0.1) is 11.7 Å². The van der Waals surface area contributed by atoms with Crippen LogP contribution in [0.4, 0.5) is 23.2 Å². The Morgan fingerprint density at radius 3 is 2.54 bits per heavy atom. The topological polar surface area (TPSA) is 72.0 Å². The minimum atomic E-state index is -4.64. The highest BCUT2D eigenvalue weighted by Crippen LogP contribution is 2.39. The van der Waals surface area contributed by atoms with E-state index in [-0.39, 0.29) is 29.4 Å². The van der Waals surface area contributed by atoms with Crippen molar-refractivity contribution in [2.24, 2.45) is 5.92 Å². The summed E-state index contributed by atoms with van der Waals surface area (Å²) in [5.74, 6) is -1.07. The van der Waals surface area contributed by atoms with Crippen LogP contribution in [-0.2, 0) is 28.6 Å². The fraction of sp³-hybridized carbons (Fsp3) is 0.231. The number of aromatic nitrogens is 2. The summed E-state index contributed by atoms with van der Waals surface area (Å²) in [6.07, 6.45) is 1.86. The predicted octanol–water partition coefficient (Wildman–Crippen LogP) is 5.40. The van der Waals surface area contributed by atoms with Crippen molar-refractivity contribution >= 4 is 23.0 Å². The van der Waals surface area contributed by atoms with Crippen molar-refractivity contribution < 1.29 is 27.2 Å². The molecule has 178 valence electrons. The number of amides is 1. The summed E-state index contributed by atoms with van der Waals surface area (Å²) in [6, 6.07) is 8.16. The maximum absolute atomic E-state index is 14.8. The third-order valence-corrected chi connectivity index (χ3v) is 6.05. The molecule has 1 saturated carbocycles. The van der Waals surface area contributed by atoms with E-state index in [0.717, 1.165) is 36.4 Å². The van der Waals surface area contributed by atoms with Crippen molar-refractivity contribution in [1.29, 1.82) is 0 Å². The molecular formula is C26H19F4N3O2. The Morgan fingerprint density at radius 1 is 1.03 bits per heavy atom. The van der Waals surface area contributed by atoms with Gasteiger partial charge in [-0.2, -0.15) is 13.2 Å². The van der Waals surface area contributed by atoms with Gasteiger partial charge in [0, 0.05) is 47.1 Å². The molecule has 0 aliphatic heterocycles. The molecule has 3 aromatic rings. The van der Waals surface area contributed by atoms with E-state index in [4.69, 9.17) is 0 Å². The van der Waals surface area contributed by atoms with E-state index in [2.05, 4.69) is 15.3 Å². The molecule has 2 aliphatic rings. The number of nitrogens with one attached hydrogen (secondary N) is 1. The van der Waals surface area contributed by atoms with Gasteiger partial charge in [0.2, 0.25) is 5.91 Å². The molecule has 1 aromatic carbocycles. The molecule has 1 N–H and O–H groups in total. The van der Waals surface area contributed by atoms with Gasteiger partial charge < -0.3 is 5.32 Å². The molecule has 1 fully saturated rings. The van der Waals surface area contributed by atoms with Gasteiger partial charge in [0.1, 0.15) is 11.5 Å². The van der Waals surface area contributed by atoms with Crippen LogP contribution >= 0.6 is 0 Å². The SMILES string of the molecule is O=C(Cc1ccc(-c2cnc3c(c2)C(C(=O)C2CC2)=CC3)cc1F)Nc1ccnc(C(F)(F)F)c1. The van der Waals surface area contributed by atoms with E-state index in [0.29, 0.717) is 23.1 Å². The second kappa shape index (κ2) is 8.72. The van der Waals surface area contributed by atoms with Crippen LogP contribution in [0.1, 0.15) is 35.4 Å². The van der Waals surface area contributed by atoms with Crippen LogP contribution in [0.25, 0.3) is 16.7 Å². The summed E-state index contributed by atoms with van der Waals surface area (Å²) >= 11 is 0. The number of alkyl halides is 3. The number of halogens is 4. The summed E-state index contributed by atoms with van der Waals surface area (Å²) in [5.41, 5.74) is 2.33. The van der Waals surface area contributed by atoms with Gasteiger partial charge in [-0.3, -0.25) is 19.6 Å². The summed E-state index contributed by atoms with van der Waals surface area (Å²) in [4.78, 5) is 32.6. The van der Waals surface area contributed by atoms with Gasteiger partial charge in [0.15, 0.2) is 5.78 Å². The maximum atomic E-state index is 14.8. The van der Waals surface area contributed by atoms with Crippen molar-refractivity contribution in [1.82, 2.24) is 9.97 Å². The number of hydrogen-bond donors (Lipinski definition) is 1. The zero-order valence-electron chi connectivity index (χ0n) is 18.3. The largest absolute Gasteiger partial charge is 0.433 e. The summed E-state index contributed by atoms with van der Waals surface area (Å²) in [5, 5.41) is 2.34. The van der Waals surface area contributed by atoms with Crippen molar-refractivity contribution in [3.8, 4) is 11.1 Å². The summed E-state index contributed by atoms with van der Waals surface area (Å²) < 4.78 is 53.2. The number of ketones is 1. The lowest BCUT2D eigenvalue weighted by atomic mass is 9.97. The first kappa shape index (κ1) is 22.9. The lowest BCUT2D eigenvalue weighted by Gasteiger charge is -2.11. The van der Waals surface area contributed by atoms with E-state index in [1.165, 1.54) is 18.2 Å². The van der Waals surface area contributed by atoms with Gasteiger partial charge in [0.05, 0.1) is 12.1 Å². The molecule has 0 bridgehead atoms. The first-order valence-corrected chi connectivity index (χ1v) is 11.0. The molecule has 0 radical (unpaired) electrons. The second-order valence-electron chi connectivity index (χ2n) is 8.64. The Bertz CT molecular complexity index is 1380. The van der Waals surface area contributed by atoms with Crippen LogP contribution < -0.4 is 5.32 Å². The number of benzene rings is 1. The van der Waals surface area contributed by atoms with Gasteiger partial charge in [-0.05, 0) is 48.2 Å². The number of rotatable bonds is 6. The first-order valence-electron chi connectivity index (χ1n) is 11.0. The third-order valence-electron chi connectivity index (χ3n) is 6.05. The highest BCUT2D eigenvalue weighted by Gasteiger charge is 2.35. The van der Waals surface area contributed by atoms with E-state index >= 15 is 0 Å². The molecular weight excluding hydrogens is 462 g/mol. The Hall–Kier alpha value is -3.88. The van der Waals surface area contributed by atoms with Crippen molar-refractivity contribution in [3.05, 3.63) is 83.2 Å². The quantitative estimate of drug-likeness (QED) is 0.479. The van der Waals surface area contributed by atoms with Crippen LogP contribution in [0.15, 0.2) is 54.9 Å². The molecule has 0 atom stereocenters. The molecule has 9 heteroatoms. The normalized spacial score (nSPS) is 14.9. The zero-order valence-corrected chi connectivity index (χ0v) is 18.3. The highest BCUT2D eigenvalue weighted by atomic mass is 19.4. The molecule has 35 heavy (non-hydrogen) atoms. The molecule has 5 rings (SSSR count). The standard InChI is InChI=1S/C26H19F4N3O2/c27-21-10-15(17-9-20-19(25(35)14-1-2-14)5-6-22(20)32-13-17)3-4-16(21)11-24(34)33-18-7-8-31-23(12-18)26(28,29)30/h3-5,7-10,12-14H,1-2,6,11H2,(H,31,33,34). The fourth-order valence-electron chi connectivity index (χ4n) is 4.07. The minimum absolute atomic E-state index is 0.0804. The first-order chi connectivity index (χ1) is 16.7. The molecule has 5 nitrogen and oxygen atoms in total. The average molecular weight is 481 g/mol. The number of pyridine rings is 2. The van der Waals surface area contributed by atoms with Crippen LogP contribution in [0.3, 0.4) is 0 Å². The van der Waals surface area contributed by atoms with Crippen LogP contribution in [0.2, 0.25) is 0 Å². The van der Waals surface area contributed by atoms with Crippen LogP contribution in [0.5, 0.6) is 0 Å². The number of nitrogens with zero attached hydrogens (tertiary/aromatic N) is 2. The number of allylic oxidation sites excluding steroid dienone is 2. The van der Waals surface area contributed by atoms with E-state index in [1.807, 2.05) is 12.1 Å². The van der Waals surface area contributed by atoms with E-state index in [9.17, 15) is 27.2 Å². The number of hydrogen-bond acceptors (Lipinski definition) is 4.